The summed E-state index contributed by atoms with van der Waals surface area (Å²) in [4.78, 5) is 2.25. The van der Waals surface area contributed by atoms with Gasteiger partial charge in [0.25, 0.3) is 0 Å². The van der Waals surface area contributed by atoms with Crippen LogP contribution >= 0.6 is 23.5 Å². The van der Waals surface area contributed by atoms with Crippen LogP contribution in [0.5, 0.6) is 0 Å². The molecule has 2 nitrogen and oxygen atoms in total. The highest BCUT2D eigenvalue weighted by atomic mass is 32.2. The third kappa shape index (κ3) is 6.98. The van der Waals surface area contributed by atoms with Gasteiger partial charge >= 0.3 is 0 Å². The molecule has 0 amide bonds. The monoisotopic (exact) mass is 237 g/mol. The lowest BCUT2D eigenvalue weighted by atomic mass is 10.2. The summed E-state index contributed by atoms with van der Waals surface area (Å²) in [5.41, 5.74) is 0. The van der Waals surface area contributed by atoms with Gasteiger partial charge in [-0.05, 0) is 38.7 Å². The number of rotatable bonds is 8. The predicted molar refractivity (Wildman–Crippen MR) is 69.5 cm³/mol. The third-order valence-electron chi connectivity index (χ3n) is 2.35. The second-order valence-corrected chi connectivity index (χ2v) is 5.58. The van der Waals surface area contributed by atoms with Gasteiger partial charge in [-0.25, -0.2) is 0 Å². The van der Waals surface area contributed by atoms with Crippen molar-refractivity contribution in [1.29, 1.82) is 0 Å². The first-order valence-corrected chi connectivity index (χ1v) is 7.76. The molecule has 0 aliphatic rings. The molecule has 0 aromatic heterocycles. The third-order valence-corrected chi connectivity index (χ3v) is 3.71. The molecule has 0 spiro atoms. The minimum Gasteiger partial charge on any atom is -0.391 e. The summed E-state index contributed by atoms with van der Waals surface area (Å²) in [6.07, 6.45) is 5.17. The summed E-state index contributed by atoms with van der Waals surface area (Å²) in [6.45, 7) is 3.01. The minimum absolute atomic E-state index is 0.188. The Morgan fingerprint density at radius 1 is 1.29 bits per heavy atom. The molecule has 0 saturated heterocycles. The fraction of sp³-hybridized carbons (Fsp3) is 1.00. The van der Waals surface area contributed by atoms with E-state index in [-0.39, 0.29) is 6.10 Å². The van der Waals surface area contributed by atoms with Crippen LogP contribution in [0.1, 0.15) is 13.3 Å². The van der Waals surface area contributed by atoms with Gasteiger partial charge < -0.3 is 10.0 Å². The lowest BCUT2D eigenvalue weighted by Gasteiger charge is -2.26. The average Bonchev–Trinajstić information content (AvgIpc) is 2.14. The summed E-state index contributed by atoms with van der Waals surface area (Å²) >= 11 is 3.58. The fourth-order valence-corrected chi connectivity index (χ4v) is 2.33. The second kappa shape index (κ2) is 8.89. The molecule has 0 radical (unpaired) electrons. The number of likely N-dealkylation sites (N-methyl/N-ethyl adjacent to an activating group) is 1. The Morgan fingerprint density at radius 2 is 1.93 bits per heavy atom. The summed E-state index contributed by atoms with van der Waals surface area (Å²) in [7, 11) is 2.09. The highest BCUT2D eigenvalue weighted by Gasteiger charge is 2.12. The number of nitrogens with zero attached hydrogens (tertiary/aromatic N) is 1. The molecule has 0 aliphatic heterocycles. The first-order valence-electron chi connectivity index (χ1n) is 4.98. The lowest BCUT2D eigenvalue weighted by Crippen LogP contribution is -2.37. The molecule has 0 aromatic rings. The Hall–Kier alpha value is 0.620. The van der Waals surface area contributed by atoms with Crippen molar-refractivity contribution in [2.45, 2.75) is 25.5 Å². The Kier molecular flexibility index (Phi) is 9.28. The maximum Gasteiger partial charge on any atom is 0.0757 e. The van der Waals surface area contributed by atoms with E-state index in [1.165, 1.54) is 12.2 Å². The van der Waals surface area contributed by atoms with E-state index >= 15 is 0 Å². The van der Waals surface area contributed by atoms with Crippen LogP contribution in [0.3, 0.4) is 0 Å². The Bertz CT molecular complexity index is 135. The van der Waals surface area contributed by atoms with Crippen LogP contribution in [0.2, 0.25) is 0 Å². The van der Waals surface area contributed by atoms with E-state index in [0.717, 1.165) is 12.3 Å². The van der Waals surface area contributed by atoms with Gasteiger partial charge in [-0.3, -0.25) is 0 Å². The molecular weight excluding hydrogens is 214 g/mol. The molecule has 0 unspecified atom stereocenters. The summed E-state index contributed by atoms with van der Waals surface area (Å²) < 4.78 is 0. The van der Waals surface area contributed by atoms with Gasteiger partial charge in [-0.2, -0.15) is 23.5 Å². The van der Waals surface area contributed by atoms with Gasteiger partial charge in [0.1, 0.15) is 0 Å². The number of hydrogen-bond donors (Lipinski definition) is 1. The first kappa shape index (κ1) is 14.6. The average molecular weight is 237 g/mol. The molecule has 0 heterocycles. The normalized spacial score (nSPS) is 15.9. The minimum atomic E-state index is -0.188. The number of hydrogen-bond acceptors (Lipinski definition) is 4. The molecule has 0 aliphatic carbocycles. The molecule has 4 heteroatoms. The van der Waals surface area contributed by atoms with Gasteiger partial charge in [-0.15, -0.1) is 0 Å². The van der Waals surface area contributed by atoms with Crippen molar-refractivity contribution in [3.05, 3.63) is 0 Å². The van der Waals surface area contributed by atoms with E-state index in [0.29, 0.717) is 6.04 Å². The molecule has 14 heavy (non-hydrogen) atoms. The molecule has 86 valence electrons. The summed E-state index contributed by atoms with van der Waals surface area (Å²) in [5, 5.41) is 9.63. The molecule has 0 bridgehead atoms. The van der Waals surface area contributed by atoms with Crippen molar-refractivity contribution < 1.29 is 5.11 Å². The highest BCUT2D eigenvalue weighted by Crippen LogP contribution is 2.07. The summed E-state index contributed by atoms with van der Waals surface area (Å²) in [6, 6.07) is 0.568. The second-order valence-electron chi connectivity index (χ2n) is 3.68. The van der Waals surface area contributed by atoms with Gasteiger partial charge in [0.05, 0.1) is 6.10 Å². The van der Waals surface area contributed by atoms with Crippen molar-refractivity contribution in [2.75, 3.05) is 37.6 Å². The Balaban J connectivity index is 3.64. The molecule has 0 aromatic carbocycles. The van der Waals surface area contributed by atoms with E-state index in [1.807, 2.05) is 18.0 Å². The van der Waals surface area contributed by atoms with E-state index in [2.05, 4.69) is 25.1 Å². The smallest absolute Gasteiger partial charge is 0.0757 e. The first-order chi connectivity index (χ1) is 6.61. The Morgan fingerprint density at radius 3 is 2.43 bits per heavy atom. The zero-order valence-electron chi connectivity index (χ0n) is 9.69. The molecule has 0 rings (SSSR count). The van der Waals surface area contributed by atoms with Crippen LogP contribution < -0.4 is 0 Å². The maximum atomic E-state index is 9.63. The lowest BCUT2D eigenvalue weighted by molar-refractivity contribution is 0.124. The maximum absolute atomic E-state index is 9.63. The molecule has 0 fully saturated rings. The van der Waals surface area contributed by atoms with Gasteiger partial charge in [-0.1, -0.05) is 0 Å². The van der Waals surface area contributed by atoms with Crippen molar-refractivity contribution in [1.82, 2.24) is 4.90 Å². The van der Waals surface area contributed by atoms with Crippen LogP contribution in [0.15, 0.2) is 0 Å². The van der Waals surface area contributed by atoms with E-state index < -0.39 is 0 Å². The number of thioether (sulfide) groups is 2. The van der Waals surface area contributed by atoms with E-state index in [1.54, 1.807) is 11.8 Å². The summed E-state index contributed by atoms with van der Waals surface area (Å²) in [5.74, 6) is 2.03. The standard InChI is InChI=1S/C10H23NOS2/c1-9(5-6-13-3)11(2)7-10(12)8-14-4/h9-10,12H,5-8H2,1-4H3/t9-,10-/m1/s1. The highest BCUT2D eigenvalue weighted by molar-refractivity contribution is 7.98. The van der Waals surface area contributed by atoms with E-state index in [4.69, 9.17) is 0 Å². The van der Waals surface area contributed by atoms with Crippen molar-refractivity contribution in [3.63, 3.8) is 0 Å². The largest absolute Gasteiger partial charge is 0.391 e. The zero-order chi connectivity index (χ0) is 11.0. The van der Waals surface area contributed by atoms with Gasteiger partial charge in [0.2, 0.25) is 0 Å². The fourth-order valence-electron chi connectivity index (χ4n) is 1.27. The topological polar surface area (TPSA) is 23.5 Å². The molecule has 1 N–H and O–H groups in total. The van der Waals surface area contributed by atoms with Crippen LogP contribution in [0.4, 0.5) is 0 Å². The van der Waals surface area contributed by atoms with Crippen molar-refractivity contribution in [2.24, 2.45) is 0 Å². The number of aliphatic hydroxyl groups excluding tert-OH is 1. The zero-order valence-corrected chi connectivity index (χ0v) is 11.3. The quantitative estimate of drug-likeness (QED) is 0.695. The molecule has 2 atom stereocenters. The Labute approximate surface area is 96.8 Å². The predicted octanol–water partition coefficient (Wildman–Crippen LogP) is 1.78. The van der Waals surface area contributed by atoms with Crippen molar-refractivity contribution >= 4 is 23.5 Å². The molecular formula is C10H23NOS2. The van der Waals surface area contributed by atoms with E-state index in [9.17, 15) is 5.11 Å². The SMILES string of the molecule is CSCC[C@@H](C)N(C)C[C@@H](O)CSC. The van der Waals surface area contributed by atoms with Crippen LogP contribution in [0, 0.1) is 0 Å². The van der Waals surface area contributed by atoms with Crippen LogP contribution in [0.25, 0.3) is 0 Å². The van der Waals surface area contributed by atoms with Gasteiger partial charge in [0, 0.05) is 18.3 Å². The van der Waals surface area contributed by atoms with Crippen molar-refractivity contribution in [3.8, 4) is 0 Å². The molecule has 0 saturated carbocycles. The number of aliphatic hydroxyl groups is 1. The van der Waals surface area contributed by atoms with Crippen LogP contribution in [-0.2, 0) is 0 Å². The van der Waals surface area contributed by atoms with Gasteiger partial charge in [0.15, 0.2) is 0 Å². The van der Waals surface area contributed by atoms with Crippen LogP contribution in [-0.4, -0.2) is 59.8 Å².